The zero-order valence-corrected chi connectivity index (χ0v) is 6.49. The standard InChI is InChI=1S/C4H5NOS.C2H6/c6-4-3-7-2-1-5-4;1-2/h1-2H,3H2,(H,5,6);1-2H3. The molecule has 2 nitrogen and oxygen atoms in total. The number of hydrogen-bond acceptors (Lipinski definition) is 2. The third-order valence-electron chi connectivity index (χ3n) is 0.623. The Kier molecular flexibility index (Phi) is 5.41. The fraction of sp³-hybridized carbons (Fsp3) is 0.500. The van der Waals surface area contributed by atoms with Crippen LogP contribution in [0.5, 0.6) is 0 Å². The lowest BCUT2D eigenvalue weighted by Crippen LogP contribution is -2.21. The Morgan fingerprint density at radius 1 is 1.67 bits per heavy atom. The molecule has 52 valence electrons. The van der Waals surface area contributed by atoms with E-state index >= 15 is 0 Å². The zero-order chi connectivity index (χ0) is 7.11. The topological polar surface area (TPSA) is 29.1 Å². The highest BCUT2D eigenvalue weighted by atomic mass is 32.2. The minimum Gasteiger partial charge on any atom is -0.331 e. The van der Waals surface area contributed by atoms with Gasteiger partial charge in [-0.3, -0.25) is 4.79 Å². The maximum atomic E-state index is 10.3. The van der Waals surface area contributed by atoms with Gasteiger partial charge in [-0.15, -0.1) is 11.8 Å². The summed E-state index contributed by atoms with van der Waals surface area (Å²) >= 11 is 1.51. The van der Waals surface area contributed by atoms with Crippen molar-refractivity contribution in [2.24, 2.45) is 0 Å². The fourth-order valence-corrected chi connectivity index (χ4v) is 0.836. The van der Waals surface area contributed by atoms with E-state index in [1.165, 1.54) is 11.8 Å². The van der Waals surface area contributed by atoms with E-state index in [1.807, 2.05) is 19.3 Å². The number of rotatable bonds is 0. The van der Waals surface area contributed by atoms with Gasteiger partial charge < -0.3 is 5.32 Å². The third kappa shape index (κ3) is 4.09. The normalized spacial score (nSPS) is 15.6. The van der Waals surface area contributed by atoms with E-state index in [4.69, 9.17) is 0 Å². The van der Waals surface area contributed by atoms with Crippen LogP contribution in [0.15, 0.2) is 11.6 Å². The van der Waals surface area contributed by atoms with Crippen LogP contribution in [0.2, 0.25) is 0 Å². The number of hydrogen-bond donors (Lipinski definition) is 1. The van der Waals surface area contributed by atoms with E-state index in [0.29, 0.717) is 5.75 Å². The van der Waals surface area contributed by atoms with Crippen LogP contribution in [-0.2, 0) is 4.79 Å². The van der Waals surface area contributed by atoms with E-state index < -0.39 is 0 Å². The molecule has 0 radical (unpaired) electrons. The van der Waals surface area contributed by atoms with Gasteiger partial charge in [0.1, 0.15) is 0 Å². The van der Waals surface area contributed by atoms with Crippen molar-refractivity contribution < 1.29 is 4.79 Å². The lowest BCUT2D eigenvalue weighted by molar-refractivity contribution is -0.117. The predicted octanol–water partition coefficient (Wildman–Crippen LogP) is 1.35. The quantitative estimate of drug-likeness (QED) is 0.557. The molecule has 0 aromatic heterocycles. The molecule has 0 saturated carbocycles. The predicted molar refractivity (Wildman–Crippen MR) is 41.1 cm³/mol. The van der Waals surface area contributed by atoms with E-state index in [2.05, 4.69) is 5.32 Å². The molecule has 0 aromatic carbocycles. The molecule has 0 fully saturated rings. The van der Waals surface area contributed by atoms with E-state index in [-0.39, 0.29) is 5.91 Å². The summed E-state index contributed by atoms with van der Waals surface area (Å²) in [4.78, 5) is 10.3. The van der Waals surface area contributed by atoms with E-state index in [0.717, 1.165) is 0 Å². The summed E-state index contributed by atoms with van der Waals surface area (Å²) in [6.07, 6.45) is 1.65. The number of carbonyl (C=O) groups excluding carboxylic acids is 1. The first-order valence-electron chi connectivity index (χ1n) is 2.95. The number of amides is 1. The molecule has 1 aliphatic rings. The molecule has 9 heavy (non-hydrogen) atoms. The average molecular weight is 145 g/mol. The van der Waals surface area contributed by atoms with Crippen molar-refractivity contribution in [2.75, 3.05) is 5.75 Å². The first-order chi connectivity index (χ1) is 4.39. The molecule has 0 spiro atoms. The SMILES string of the molecule is CC.O=C1CSC=CN1. The molecule has 1 N–H and O–H groups in total. The molecule has 0 atom stereocenters. The van der Waals surface area contributed by atoms with Gasteiger partial charge in [0.05, 0.1) is 5.75 Å². The minimum atomic E-state index is 0.0903. The highest BCUT2D eigenvalue weighted by Gasteiger charge is 1.98. The van der Waals surface area contributed by atoms with Crippen LogP contribution >= 0.6 is 11.8 Å². The summed E-state index contributed by atoms with van der Waals surface area (Å²) < 4.78 is 0. The molecule has 0 saturated heterocycles. The maximum absolute atomic E-state index is 10.3. The molecule has 1 aliphatic heterocycles. The second-order valence-electron chi connectivity index (χ2n) is 1.18. The smallest absolute Gasteiger partial charge is 0.234 e. The molecule has 1 amide bonds. The summed E-state index contributed by atoms with van der Waals surface area (Å²) in [6, 6.07) is 0. The summed E-state index contributed by atoms with van der Waals surface area (Å²) in [5, 5.41) is 4.40. The van der Waals surface area contributed by atoms with Gasteiger partial charge in [-0.05, 0) is 5.41 Å². The zero-order valence-electron chi connectivity index (χ0n) is 5.68. The maximum Gasteiger partial charge on any atom is 0.234 e. The van der Waals surface area contributed by atoms with Gasteiger partial charge in [0.2, 0.25) is 5.91 Å². The van der Waals surface area contributed by atoms with Crippen LogP contribution in [0, 0.1) is 0 Å². The second-order valence-corrected chi connectivity index (χ2v) is 2.08. The Labute approximate surface area is 59.7 Å². The Morgan fingerprint density at radius 3 is 2.56 bits per heavy atom. The van der Waals surface area contributed by atoms with Crippen molar-refractivity contribution in [1.29, 1.82) is 0 Å². The lowest BCUT2D eigenvalue weighted by Gasteiger charge is -2.00. The molecular formula is C6H11NOS. The van der Waals surface area contributed by atoms with Crippen molar-refractivity contribution >= 4 is 17.7 Å². The Balaban J connectivity index is 0.000000291. The summed E-state index contributed by atoms with van der Waals surface area (Å²) in [5.41, 5.74) is 0. The molecule has 1 heterocycles. The highest BCUT2D eigenvalue weighted by Crippen LogP contribution is 2.03. The lowest BCUT2D eigenvalue weighted by atomic mass is 10.7. The largest absolute Gasteiger partial charge is 0.331 e. The molecular weight excluding hydrogens is 134 g/mol. The van der Waals surface area contributed by atoms with Crippen molar-refractivity contribution in [3.8, 4) is 0 Å². The molecule has 1 rings (SSSR count). The molecule has 0 aliphatic carbocycles. The number of thioether (sulfide) groups is 1. The van der Waals surface area contributed by atoms with E-state index in [1.54, 1.807) is 6.20 Å². The summed E-state index contributed by atoms with van der Waals surface area (Å²) in [6.45, 7) is 4.00. The molecule has 3 heteroatoms. The molecule has 0 aromatic rings. The van der Waals surface area contributed by atoms with Gasteiger partial charge >= 0.3 is 0 Å². The average Bonchev–Trinajstić information content (AvgIpc) is 1.94. The van der Waals surface area contributed by atoms with Crippen molar-refractivity contribution in [3.63, 3.8) is 0 Å². The Morgan fingerprint density at radius 2 is 2.33 bits per heavy atom. The van der Waals surface area contributed by atoms with Crippen LogP contribution in [-0.4, -0.2) is 11.7 Å². The van der Waals surface area contributed by atoms with Gasteiger partial charge in [0.15, 0.2) is 0 Å². The van der Waals surface area contributed by atoms with E-state index in [9.17, 15) is 4.79 Å². The van der Waals surface area contributed by atoms with Crippen LogP contribution in [0.25, 0.3) is 0 Å². The van der Waals surface area contributed by atoms with Gasteiger partial charge in [-0.1, -0.05) is 13.8 Å². The Hall–Kier alpha value is -0.440. The Bertz CT molecular complexity index is 112. The van der Waals surface area contributed by atoms with Crippen molar-refractivity contribution in [2.45, 2.75) is 13.8 Å². The van der Waals surface area contributed by atoms with Gasteiger partial charge in [0.25, 0.3) is 0 Å². The minimum absolute atomic E-state index is 0.0903. The van der Waals surface area contributed by atoms with Crippen LogP contribution < -0.4 is 5.32 Å². The summed E-state index contributed by atoms with van der Waals surface area (Å²) in [7, 11) is 0. The second kappa shape index (κ2) is 5.69. The van der Waals surface area contributed by atoms with Crippen molar-refractivity contribution in [1.82, 2.24) is 5.32 Å². The highest BCUT2D eigenvalue weighted by molar-refractivity contribution is 8.02. The molecule has 0 bridgehead atoms. The third-order valence-corrected chi connectivity index (χ3v) is 1.38. The fourth-order valence-electron chi connectivity index (χ4n) is 0.341. The number of nitrogens with one attached hydrogen (secondary N) is 1. The van der Waals surface area contributed by atoms with Crippen LogP contribution in [0.1, 0.15) is 13.8 Å². The van der Waals surface area contributed by atoms with Crippen LogP contribution in [0.4, 0.5) is 0 Å². The first-order valence-corrected chi connectivity index (χ1v) is 4.00. The van der Waals surface area contributed by atoms with Gasteiger partial charge in [0, 0.05) is 6.20 Å². The summed E-state index contributed by atoms with van der Waals surface area (Å²) in [5.74, 6) is 0.656. The van der Waals surface area contributed by atoms with Crippen LogP contribution in [0.3, 0.4) is 0 Å². The monoisotopic (exact) mass is 145 g/mol. The first kappa shape index (κ1) is 8.56. The van der Waals surface area contributed by atoms with Gasteiger partial charge in [-0.25, -0.2) is 0 Å². The number of carbonyl (C=O) groups is 1. The molecule has 0 unspecified atom stereocenters. The van der Waals surface area contributed by atoms with Crippen molar-refractivity contribution in [3.05, 3.63) is 11.6 Å². The van der Waals surface area contributed by atoms with Gasteiger partial charge in [-0.2, -0.15) is 0 Å².